The molecule has 0 amide bonds. The fourth-order valence-electron chi connectivity index (χ4n) is 5.20. The minimum atomic E-state index is -0.255. The lowest BCUT2D eigenvalue weighted by molar-refractivity contribution is 0.145. The Morgan fingerprint density at radius 3 is 2.56 bits per heavy atom. The van der Waals surface area contributed by atoms with Crippen LogP contribution in [-0.2, 0) is 6.54 Å². The molecule has 1 aliphatic carbocycles. The molecular formula is C24H39FIN5O. The van der Waals surface area contributed by atoms with Crippen LogP contribution in [0.3, 0.4) is 0 Å². The summed E-state index contributed by atoms with van der Waals surface area (Å²) in [5.74, 6) is 0.611. The van der Waals surface area contributed by atoms with Crippen LogP contribution in [0.4, 0.5) is 10.1 Å². The zero-order valence-corrected chi connectivity index (χ0v) is 21.6. The van der Waals surface area contributed by atoms with E-state index < -0.39 is 0 Å². The third-order valence-electron chi connectivity index (χ3n) is 6.98. The number of nitrogens with zero attached hydrogens (tertiary/aromatic N) is 3. The highest BCUT2D eigenvalue weighted by Gasteiger charge is 2.30. The van der Waals surface area contributed by atoms with E-state index in [1.165, 1.54) is 32.2 Å². The van der Waals surface area contributed by atoms with Crippen molar-refractivity contribution >= 4 is 35.6 Å². The van der Waals surface area contributed by atoms with E-state index >= 15 is 0 Å². The molecule has 3 N–H and O–H groups in total. The summed E-state index contributed by atoms with van der Waals surface area (Å²) < 4.78 is 14.7. The molecule has 0 spiro atoms. The van der Waals surface area contributed by atoms with Crippen LogP contribution in [0.15, 0.2) is 23.2 Å². The quantitative estimate of drug-likeness (QED) is 0.283. The molecule has 0 bridgehead atoms. The molecule has 3 aliphatic rings. The molecule has 3 fully saturated rings. The summed E-state index contributed by atoms with van der Waals surface area (Å²) in [5.41, 5.74) is 1.50. The number of hydrogen-bond acceptors (Lipinski definition) is 4. The zero-order chi connectivity index (χ0) is 21.6. The smallest absolute Gasteiger partial charge is 0.191 e. The maximum atomic E-state index is 14.7. The van der Waals surface area contributed by atoms with Crippen LogP contribution in [0.25, 0.3) is 0 Å². The van der Waals surface area contributed by atoms with Crippen molar-refractivity contribution in [1.82, 2.24) is 15.5 Å². The van der Waals surface area contributed by atoms with Gasteiger partial charge >= 0.3 is 0 Å². The Morgan fingerprint density at radius 1 is 1.12 bits per heavy atom. The van der Waals surface area contributed by atoms with Gasteiger partial charge in [-0.05, 0) is 56.7 Å². The summed E-state index contributed by atoms with van der Waals surface area (Å²) in [4.78, 5) is 9.39. The number of nitrogens with one attached hydrogen (secondary N) is 2. The first kappa shape index (κ1) is 25.5. The number of piperidine rings is 1. The molecule has 2 aliphatic heterocycles. The molecule has 0 aromatic heterocycles. The van der Waals surface area contributed by atoms with Gasteiger partial charge < -0.3 is 20.6 Å². The van der Waals surface area contributed by atoms with Gasteiger partial charge in [0.25, 0.3) is 0 Å². The molecule has 180 valence electrons. The Kier molecular flexibility index (Phi) is 9.85. The van der Waals surface area contributed by atoms with Gasteiger partial charge in [0, 0.05) is 44.8 Å². The minimum Gasteiger partial charge on any atom is -0.393 e. The molecule has 6 nitrogen and oxygen atoms in total. The SMILES string of the molecule is CCNC(=NCc1ccc(N2CCC(O)CC2)c(F)c1)NC1CCN(C2CCCC2)C1.I. The van der Waals surface area contributed by atoms with Gasteiger partial charge in [-0.3, -0.25) is 4.90 Å². The van der Waals surface area contributed by atoms with Gasteiger partial charge in [0.15, 0.2) is 5.96 Å². The van der Waals surface area contributed by atoms with E-state index in [1.54, 1.807) is 6.07 Å². The molecule has 4 rings (SSSR count). The van der Waals surface area contributed by atoms with E-state index in [2.05, 4.69) is 22.5 Å². The van der Waals surface area contributed by atoms with Crippen LogP contribution >= 0.6 is 24.0 Å². The molecule has 8 heteroatoms. The normalized spacial score (nSPS) is 23.4. The Balaban J connectivity index is 0.00000289. The zero-order valence-electron chi connectivity index (χ0n) is 19.2. The van der Waals surface area contributed by atoms with Crippen LogP contribution in [-0.4, -0.2) is 66.9 Å². The lowest BCUT2D eigenvalue weighted by Gasteiger charge is -2.31. The Labute approximate surface area is 209 Å². The molecule has 1 aromatic carbocycles. The van der Waals surface area contributed by atoms with Crippen LogP contribution in [0, 0.1) is 5.82 Å². The summed E-state index contributed by atoms with van der Waals surface area (Å²) in [6, 6.07) is 6.62. The number of anilines is 1. The maximum Gasteiger partial charge on any atom is 0.191 e. The average Bonchev–Trinajstić information content (AvgIpc) is 3.45. The third-order valence-corrected chi connectivity index (χ3v) is 6.98. The molecule has 0 radical (unpaired) electrons. The van der Waals surface area contributed by atoms with Gasteiger partial charge in [-0.15, -0.1) is 24.0 Å². The highest BCUT2D eigenvalue weighted by atomic mass is 127. The summed E-state index contributed by atoms with van der Waals surface area (Å²) in [6.45, 7) is 6.97. The number of rotatable bonds is 6. The van der Waals surface area contributed by atoms with Crippen molar-refractivity contribution in [2.75, 3.05) is 37.6 Å². The van der Waals surface area contributed by atoms with Crippen LogP contribution in [0.5, 0.6) is 0 Å². The van der Waals surface area contributed by atoms with Crippen molar-refractivity contribution in [3.8, 4) is 0 Å². The molecule has 2 heterocycles. The first-order chi connectivity index (χ1) is 15.1. The van der Waals surface area contributed by atoms with E-state index in [0.29, 0.717) is 44.2 Å². The number of guanidine groups is 1. The Morgan fingerprint density at radius 2 is 1.88 bits per heavy atom. The fourth-order valence-corrected chi connectivity index (χ4v) is 5.20. The largest absolute Gasteiger partial charge is 0.393 e. The lowest BCUT2D eigenvalue weighted by Crippen LogP contribution is -2.45. The van der Waals surface area contributed by atoms with E-state index in [-0.39, 0.29) is 35.9 Å². The van der Waals surface area contributed by atoms with Crippen molar-refractivity contribution in [2.24, 2.45) is 4.99 Å². The van der Waals surface area contributed by atoms with Gasteiger partial charge in [0.2, 0.25) is 0 Å². The number of hydrogen-bond donors (Lipinski definition) is 3. The molecule has 1 aromatic rings. The van der Waals surface area contributed by atoms with Crippen LogP contribution in [0.2, 0.25) is 0 Å². The van der Waals surface area contributed by atoms with E-state index in [4.69, 9.17) is 4.99 Å². The number of aliphatic imine (C=N–C) groups is 1. The van der Waals surface area contributed by atoms with Crippen LogP contribution < -0.4 is 15.5 Å². The van der Waals surface area contributed by atoms with E-state index in [9.17, 15) is 9.50 Å². The van der Waals surface area contributed by atoms with Crippen LogP contribution in [0.1, 0.15) is 57.4 Å². The molecule has 1 saturated carbocycles. The highest BCUT2D eigenvalue weighted by Crippen LogP contribution is 2.27. The van der Waals surface area contributed by atoms with Gasteiger partial charge in [-0.2, -0.15) is 0 Å². The molecule has 1 atom stereocenters. The second kappa shape index (κ2) is 12.4. The van der Waals surface area contributed by atoms with Crippen molar-refractivity contribution < 1.29 is 9.50 Å². The van der Waals surface area contributed by atoms with E-state index in [1.807, 2.05) is 17.0 Å². The van der Waals surface area contributed by atoms with Crippen molar-refractivity contribution in [1.29, 1.82) is 0 Å². The summed E-state index contributed by atoms with van der Waals surface area (Å²) in [7, 11) is 0. The first-order valence-corrected chi connectivity index (χ1v) is 12.1. The number of aliphatic hydroxyl groups is 1. The number of halogens is 2. The van der Waals surface area contributed by atoms with Gasteiger partial charge in [-0.1, -0.05) is 18.9 Å². The standard InChI is InChI=1S/C24H38FN5O.HI/c1-2-26-24(28-19-9-12-30(17-19)20-5-3-4-6-20)27-16-18-7-8-23(22(25)15-18)29-13-10-21(31)11-14-29;/h7-8,15,19-21,31H,2-6,9-14,16-17H2,1H3,(H2,26,27,28);1H. The lowest BCUT2D eigenvalue weighted by atomic mass is 10.1. The first-order valence-electron chi connectivity index (χ1n) is 12.1. The van der Waals surface area contributed by atoms with Crippen molar-refractivity contribution in [3.63, 3.8) is 0 Å². The monoisotopic (exact) mass is 559 g/mol. The topological polar surface area (TPSA) is 63.1 Å². The molecule has 1 unspecified atom stereocenters. The number of aliphatic hydroxyl groups excluding tert-OH is 1. The predicted molar refractivity (Wildman–Crippen MR) is 139 cm³/mol. The summed E-state index contributed by atoms with van der Waals surface area (Å²) in [5, 5.41) is 16.6. The number of benzene rings is 1. The van der Waals surface area contributed by atoms with Gasteiger partial charge in [0.1, 0.15) is 5.82 Å². The number of likely N-dealkylation sites (tertiary alicyclic amines) is 1. The maximum absolute atomic E-state index is 14.7. The highest BCUT2D eigenvalue weighted by molar-refractivity contribution is 14.0. The van der Waals surface area contributed by atoms with E-state index in [0.717, 1.165) is 37.1 Å². The Hall–Kier alpha value is -1.13. The third kappa shape index (κ3) is 6.70. The minimum absolute atomic E-state index is 0. The molecule has 32 heavy (non-hydrogen) atoms. The summed E-state index contributed by atoms with van der Waals surface area (Å²) in [6.07, 6.45) is 7.73. The van der Waals surface area contributed by atoms with Crippen molar-refractivity contribution in [3.05, 3.63) is 29.6 Å². The van der Waals surface area contributed by atoms with Gasteiger partial charge in [-0.25, -0.2) is 9.38 Å². The summed E-state index contributed by atoms with van der Waals surface area (Å²) >= 11 is 0. The fraction of sp³-hybridized carbons (Fsp3) is 0.708. The Bertz CT molecular complexity index is 750. The van der Waals surface area contributed by atoms with Gasteiger partial charge in [0.05, 0.1) is 18.3 Å². The van der Waals surface area contributed by atoms with Crippen molar-refractivity contribution in [2.45, 2.75) is 76.6 Å². The predicted octanol–water partition coefficient (Wildman–Crippen LogP) is 3.48. The average molecular weight is 560 g/mol. The molecule has 2 saturated heterocycles. The molecular weight excluding hydrogens is 520 g/mol. The second-order valence-corrected chi connectivity index (χ2v) is 9.26. The second-order valence-electron chi connectivity index (χ2n) is 9.26.